The molecule has 1 aliphatic heterocycles. The summed E-state index contributed by atoms with van der Waals surface area (Å²) in [4.78, 5) is 22.4. The van der Waals surface area contributed by atoms with Crippen molar-refractivity contribution in [2.75, 3.05) is 26.2 Å². The summed E-state index contributed by atoms with van der Waals surface area (Å²) in [5.41, 5.74) is 3.21. The van der Waals surface area contributed by atoms with Gasteiger partial charge in [-0.2, -0.15) is 0 Å². The molecule has 244 valence electrons. The van der Waals surface area contributed by atoms with Crippen LogP contribution in [0.1, 0.15) is 89.5 Å². The van der Waals surface area contributed by atoms with Gasteiger partial charge in [0.05, 0.1) is 25.6 Å². The van der Waals surface area contributed by atoms with Gasteiger partial charge in [-0.05, 0) is 49.0 Å². The Hall–Kier alpha value is -4.01. The highest BCUT2D eigenvalue weighted by atomic mass is 19.1. The summed E-state index contributed by atoms with van der Waals surface area (Å²) in [6, 6.07) is 3.11. The van der Waals surface area contributed by atoms with Gasteiger partial charge in [0.25, 0.3) is 0 Å². The molecule has 1 N–H and O–H groups in total. The lowest BCUT2D eigenvalue weighted by Crippen LogP contribution is -2.37. The number of methoxy groups -OCH3 is 2. The first-order chi connectivity index (χ1) is 21.6. The van der Waals surface area contributed by atoms with Crippen LogP contribution in [0.25, 0.3) is 0 Å². The van der Waals surface area contributed by atoms with E-state index in [1.165, 1.54) is 58.5 Å². The number of carbonyl (C=O) groups is 1. The number of nitrogens with one attached hydrogen (secondary N) is 1. The van der Waals surface area contributed by atoms with Crippen LogP contribution in [0.5, 0.6) is 11.5 Å². The van der Waals surface area contributed by atoms with Crippen LogP contribution < -0.4 is 19.7 Å². The fourth-order valence-electron chi connectivity index (χ4n) is 6.06. The Morgan fingerprint density at radius 1 is 1.13 bits per heavy atom. The van der Waals surface area contributed by atoms with E-state index in [0.29, 0.717) is 22.8 Å². The molecule has 45 heavy (non-hydrogen) atoms. The Bertz CT molecular complexity index is 1430. The summed E-state index contributed by atoms with van der Waals surface area (Å²) < 4.78 is 41.0. The number of fused-ring (bicyclic) bond motifs is 2. The Morgan fingerprint density at radius 2 is 1.73 bits per heavy atom. The second-order valence-corrected chi connectivity index (χ2v) is 11.4. The third-order valence-corrected chi connectivity index (χ3v) is 8.70. The number of carbonyl (C=O) groups excluding carboxylic acids is 1. The minimum absolute atomic E-state index is 0.121. The number of halogens is 2. The molecule has 2 aliphatic rings. The molecule has 0 saturated heterocycles. The average Bonchev–Trinajstić information content (AvgIpc) is 3.85. The SMILES string of the molecule is C=CC(=O)N/C(=C/C)C(=NC)c1cc2c(cn1)CN(c1c(F)c(OC)cc(OC)c1F)C(=C)C21CC1.CCCC(CC)CCC. The molecule has 1 amide bonds. The first-order valence-electron chi connectivity index (χ1n) is 15.7. The maximum Gasteiger partial charge on any atom is 0.247 e. The molecule has 2 heterocycles. The van der Waals surface area contributed by atoms with Gasteiger partial charge in [0.15, 0.2) is 23.1 Å². The number of rotatable bonds is 12. The summed E-state index contributed by atoms with van der Waals surface area (Å²) in [6.45, 7) is 16.5. The van der Waals surface area contributed by atoms with Crippen LogP contribution in [0.4, 0.5) is 14.5 Å². The Labute approximate surface area is 267 Å². The van der Waals surface area contributed by atoms with Crippen molar-refractivity contribution in [1.82, 2.24) is 10.3 Å². The molecular weight excluding hydrogens is 574 g/mol. The second kappa shape index (κ2) is 15.8. The molecule has 0 atom stereocenters. The Kier molecular flexibility index (Phi) is 12.5. The monoisotopic (exact) mass is 622 g/mol. The number of amides is 1. The number of aromatic nitrogens is 1. The average molecular weight is 623 g/mol. The number of hydrogen-bond donors (Lipinski definition) is 1. The molecule has 1 fully saturated rings. The summed E-state index contributed by atoms with van der Waals surface area (Å²) in [6.07, 6.45) is 13.1. The number of allylic oxidation sites excluding steroid dienone is 3. The molecule has 4 rings (SSSR count). The van der Waals surface area contributed by atoms with Crippen molar-refractivity contribution in [1.29, 1.82) is 0 Å². The smallest absolute Gasteiger partial charge is 0.247 e. The molecule has 1 aromatic carbocycles. The van der Waals surface area contributed by atoms with Gasteiger partial charge in [-0.15, -0.1) is 0 Å². The van der Waals surface area contributed by atoms with Crippen molar-refractivity contribution in [3.63, 3.8) is 0 Å². The number of anilines is 1. The van der Waals surface area contributed by atoms with Gasteiger partial charge in [0, 0.05) is 37.0 Å². The number of pyridine rings is 1. The maximum absolute atomic E-state index is 15.4. The zero-order chi connectivity index (χ0) is 33.3. The molecule has 1 aliphatic carbocycles. The quantitative estimate of drug-likeness (QED) is 0.191. The van der Waals surface area contributed by atoms with Crippen LogP contribution >= 0.6 is 0 Å². The van der Waals surface area contributed by atoms with E-state index in [1.54, 1.807) is 31.1 Å². The van der Waals surface area contributed by atoms with Crippen molar-refractivity contribution in [2.24, 2.45) is 10.9 Å². The highest BCUT2D eigenvalue weighted by molar-refractivity contribution is 6.13. The van der Waals surface area contributed by atoms with Crippen LogP contribution in [0, 0.1) is 17.6 Å². The molecule has 1 saturated carbocycles. The lowest BCUT2D eigenvalue weighted by Gasteiger charge is -2.39. The number of hydrogen-bond acceptors (Lipinski definition) is 6. The summed E-state index contributed by atoms with van der Waals surface area (Å²) >= 11 is 0. The van der Waals surface area contributed by atoms with Crippen molar-refractivity contribution < 1.29 is 23.0 Å². The van der Waals surface area contributed by atoms with Crippen LogP contribution in [-0.4, -0.2) is 37.9 Å². The van der Waals surface area contributed by atoms with Crippen molar-refractivity contribution in [3.05, 3.63) is 83.5 Å². The standard InChI is InChI=1S/C27H28F2N4O3.C9H20/c1-7-18(32-22(34)8-2)25(30-4)19-11-17-16(13-31-19)14-33(15(3)27(17)9-10-27)26-23(28)20(35-5)12-21(36-6)24(26)29;1-4-7-9(6-3)8-5-2/h7-8,11-13H,2-3,9-10,14H2,1,4-6H3,(H,32,34);9H,4-8H2,1-3H3/b18-7+,30-25?;. The van der Waals surface area contributed by atoms with Crippen LogP contribution in [-0.2, 0) is 16.8 Å². The van der Waals surface area contributed by atoms with Crippen LogP contribution in [0.3, 0.4) is 0 Å². The minimum atomic E-state index is -0.822. The minimum Gasteiger partial charge on any atom is -0.493 e. The van der Waals surface area contributed by atoms with Gasteiger partial charge < -0.3 is 19.7 Å². The zero-order valence-corrected chi connectivity index (χ0v) is 27.9. The van der Waals surface area contributed by atoms with Gasteiger partial charge in [-0.25, -0.2) is 8.78 Å². The van der Waals surface area contributed by atoms with Gasteiger partial charge in [-0.1, -0.05) is 72.1 Å². The van der Waals surface area contributed by atoms with E-state index in [2.05, 4.69) is 49.2 Å². The third kappa shape index (κ3) is 7.45. The number of ether oxygens (including phenoxy) is 2. The molecular formula is C36H48F2N4O3. The van der Waals surface area contributed by atoms with Gasteiger partial charge in [-0.3, -0.25) is 14.8 Å². The Balaban J connectivity index is 0.000000535. The summed E-state index contributed by atoms with van der Waals surface area (Å²) in [7, 11) is 4.25. The van der Waals surface area contributed by atoms with Crippen LogP contribution in [0.2, 0.25) is 0 Å². The molecule has 2 aromatic rings. The molecule has 7 nitrogen and oxygen atoms in total. The predicted octanol–water partition coefficient (Wildman–Crippen LogP) is 8.18. The van der Waals surface area contributed by atoms with E-state index in [1.807, 2.05) is 6.07 Å². The highest BCUT2D eigenvalue weighted by Gasteiger charge is 2.53. The van der Waals surface area contributed by atoms with Gasteiger partial charge in [0.2, 0.25) is 5.91 Å². The van der Waals surface area contributed by atoms with E-state index in [0.717, 1.165) is 29.9 Å². The number of nitrogens with zero attached hydrogens (tertiary/aromatic N) is 3. The maximum atomic E-state index is 15.4. The van der Waals surface area contributed by atoms with E-state index in [4.69, 9.17) is 9.47 Å². The fourth-order valence-corrected chi connectivity index (χ4v) is 6.06. The molecule has 1 spiro atoms. The van der Waals surface area contributed by atoms with E-state index in [9.17, 15) is 4.79 Å². The van der Waals surface area contributed by atoms with Crippen molar-refractivity contribution >= 4 is 17.3 Å². The number of benzene rings is 1. The van der Waals surface area contributed by atoms with E-state index >= 15 is 8.78 Å². The molecule has 9 heteroatoms. The topological polar surface area (TPSA) is 76.1 Å². The largest absolute Gasteiger partial charge is 0.493 e. The predicted molar refractivity (Wildman–Crippen MR) is 178 cm³/mol. The summed E-state index contributed by atoms with van der Waals surface area (Å²) in [5.74, 6) is -1.23. The first kappa shape index (κ1) is 35.5. The molecule has 1 aromatic heterocycles. The van der Waals surface area contributed by atoms with Crippen molar-refractivity contribution in [2.45, 2.75) is 84.6 Å². The van der Waals surface area contributed by atoms with Crippen molar-refractivity contribution in [3.8, 4) is 11.5 Å². The van der Waals surface area contributed by atoms with Crippen LogP contribution in [0.15, 0.2) is 60.0 Å². The second-order valence-electron chi connectivity index (χ2n) is 11.4. The highest BCUT2D eigenvalue weighted by Crippen LogP contribution is 2.59. The first-order valence-corrected chi connectivity index (χ1v) is 15.7. The Morgan fingerprint density at radius 3 is 2.18 bits per heavy atom. The third-order valence-electron chi connectivity index (χ3n) is 8.70. The lowest BCUT2D eigenvalue weighted by atomic mass is 9.84. The summed E-state index contributed by atoms with van der Waals surface area (Å²) in [5, 5.41) is 2.75. The fraction of sp³-hybridized carbons (Fsp3) is 0.472. The van der Waals surface area contributed by atoms with Gasteiger partial charge in [0.1, 0.15) is 11.4 Å². The number of aliphatic imine (C=N–C) groups is 1. The normalized spacial score (nSPS) is 15.3. The van der Waals surface area contributed by atoms with E-state index in [-0.39, 0.29) is 29.6 Å². The zero-order valence-electron chi connectivity index (χ0n) is 27.9. The molecule has 0 bridgehead atoms. The van der Waals surface area contributed by atoms with Gasteiger partial charge >= 0.3 is 0 Å². The lowest BCUT2D eigenvalue weighted by molar-refractivity contribution is -0.115. The molecule has 0 radical (unpaired) electrons. The van der Waals surface area contributed by atoms with E-state index < -0.39 is 17.0 Å². The molecule has 0 unspecified atom stereocenters.